The summed E-state index contributed by atoms with van der Waals surface area (Å²) in [6, 6.07) is 8.59. The first-order chi connectivity index (χ1) is 9.22. The van der Waals surface area contributed by atoms with Crippen molar-refractivity contribution in [3.8, 4) is 0 Å². The normalized spacial score (nSPS) is 21.7. The fourth-order valence-electron chi connectivity index (χ4n) is 2.33. The first-order valence-electron chi connectivity index (χ1n) is 6.17. The third-order valence-electron chi connectivity index (χ3n) is 3.47. The van der Waals surface area contributed by atoms with Crippen molar-refractivity contribution in [1.82, 2.24) is 10.3 Å². The van der Waals surface area contributed by atoms with Crippen LogP contribution in [-0.4, -0.2) is 16.9 Å². The van der Waals surface area contributed by atoms with E-state index in [0.717, 1.165) is 17.3 Å². The van der Waals surface area contributed by atoms with Gasteiger partial charge >= 0.3 is 0 Å². The lowest BCUT2D eigenvalue weighted by Crippen LogP contribution is -2.43. The predicted molar refractivity (Wildman–Crippen MR) is 73.9 cm³/mol. The molecule has 5 heteroatoms. The van der Waals surface area contributed by atoms with E-state index in [4.69, 9.17) is 4.42 Å². The van der Waals surface area contributed by atoms with Crippen LogP contribution in [0.15, 0.2) is 45.7 Å². The first-order valence-corrected chi connectivity index (χ1v) is 6.96. The van der Waals surface area contributed by atoms with E-state index in [1.807, 2.05) is 0 Å². The first kappa shape index (κ1) is 12.4. The van der Waals surface area contributed by atoms with Crippen LogP contribution in [0.5, 0.6) is 0 Å². The van der Waals surface area contributed by atoms with E-state index < -0.39 is 0 Å². The van der Waals surface area contributed by atoms with E-state index in [2.05, 4.69) is 50.5 Å². The predicted octanol–water partition coefficient (Wildman–Crippen LogP) is 3.11. The van der Waals surface area contributed by atoms with E-state index in [1.54, 1.807) is 0 Å². The van der Waals surface area contributed by atoms with Crippen molar-refractivity contribution < 1.29 is 9.21 Å². The third-order valence-corrected chi connectivity index (χ3v) is 4.00. The third kappa shape index (κ3) is 2.71. The lowest BCUT2D eigenvalue weighted by atomic mass is 9.76. The molecule has 1 aromatic carbocycles. The summed E-state index contributed by atoms with van der Waals surface area (Å²) < 4.78 is 6.05. The molecule has 98 valence electrons. The number of carbonyl (C=O) groups excluding carboxylic acids is 1. The Balaban J connectivity index is 1.53. The minimum absolute atomic E-state index is 0.184. The number of nitrogens with one attached hydrogen (secondary N) is 1. The maximum Gasteiger partial charge on any atom is 0.288 e. The zero-order chi connectivity index (χ0) is 13.2. The SMILES string of the molecule is O=C(NC1CC(c2ccc(Br)cc2)C1)c1cnco1. The van der Waals surface area contributed by atoms with Crippen LogP contribution in [0, 0.1) is 0 Å². The van der Waals surface area contributed by atoms with Crippen molar-refractivity contribution in [2.75, 3.05) is 0 Å². The van der Waals surface area contributed by atoms with Crippen molar-refractivity contribution in [3.05, 3.63) is 52.7 Å². The van der Waals surface area contributed by atoms with Gasteiger partial charge in [-0.15, -0.1) is 0 Å². The van der Waals surface area contributed by atoms with Gasteiger partial charge in [0.05, 0.1) is 6.20 Å². The Kier molecular flexibility index (Phi) is 3.38. The number of hydrogen-bond acceptors (Lipinski definition) is 3. The molecule has 1 aromatic heterocycles. The summed E-state index contributed by atoms with van der Waals surface area (Å²) in [6.45, 7) is 0. The number of oxazole rings is 1. The summed E-state index contributed by atoms with van der Waals surface area (Å²) >= 11 is 3.43. The second-order valence-corrected chi connectivity index (χ2v) is 5.67. The average Bonchev–Trinajstić information content (AvgIpc) is 2.88. The molecule has 19 heavy (non-hydrogen) atoms. The molecule has 1 saturated carbocycles. The highest BCUT2D eigenvalue weighted by atomic mass is 79.9. The molecule has 0 aliphatic heterocycles. The molecule has 0 bridgehead atoms. The van der Waals surface area contributed by atoms with Crippen LogP contribution in [0.4, 0.5) is 0 Å². The molecule has 0 unspecified atom stereocenters. The number of carbonyl (C=O) groups is 1. The molecule has 0 radical (unpaired) electrons. The fraction of sp³-hybridized carbons (Fsp3) is 0.286. The van der Waals surface area contributed by atoms with Gasteiger partial charge in [-0.2, -0.15) is 0 Å². The molecule has 1 amide bonds. The molecule has 1 aliphatic carbocycles. The van der Waals surface area contributed by atoms with E-state index in [0.29, 0.717) is 5.92 Å². The standard InChI is InChI=1S/C14H13BrN2O2/c15-11-3-1-9(2-4-11)10-5-12(6-10)17-14(18)13-7-16-8-19-13/h1-4,7-8,10,12H,5-6H2,(H,17,18). The van der Waals surface area contributed by atoms with Gasteiger partial charge in [0.2, 0.25) is 5.76 Å². The number of halogens is 1. The molecule has 0 spiro atoms. The Bertz CT molecular complexity index is 560. The number of rotatable bonds is 3. The maximum atomic E-state index is 11.7. The Morgan fingerprint density at radius 1 is 1.32 bits per heavy atom. The fourth-order valence-corrected chi connectivity index (χ4v) is 2.59. The smallest absolute Gasteiger partial charge is 0.288 e. The summed E-state index contributed by atoms with van der Waals surface area (Å²) in [4.78, 5) is 15.5. The molecular formula is C14H13BrN2O2. The number of benzene rings is 1. The number of amides is 1. The van der Waals surface area contributed by atoms with Gasteiger partial charge in [-0.05, 0) is 36.5 Å². The molecule has 0 atom stereocenters. The highest BCUT2D eigenvalue weighted by molar-refractivity contribution is 9.10. The van der Waals surface area contributed by atoms with Crippen molar-refractivity contribution in [3.63, 3.8) is 0 Å². The van der Waals surface area contributed by atoms with Gasteiger partial charge in [-0.3, -0.25) is 4.79 Å². The van der Waals surface area contributed by atoms with Crippen molar-refractivity contribution in [1.29, 1.82) is 0 Å². The summed E-state index contributed by atoms with van der Waals surface area (Å²) in [5, 5.41) is 2.95. The lowest BCUT2D eigenvalue weighted by Gasteiger charge is -2.36. The van der Waals surface area contributed by atoms with Gasteiger partial charge in [-0.25, -0.2) is 4.98 Å². The molecule has 1 heterocycles. The largest absolute Gasteiger partial charge is 0.438 e. The number of nitrogens with zero attached hydrogens (tertiary/aromatic N) is 1. The quantitative estimate of drug-likeness (QED) is 0.945. The van der Waals surface area contributed by atoms with Gasteiger partial charge in [0, 0.05) is 10.5 Å². The second-order valence-electron chi connectivity index (χ2n) is 4.76. The van der Waals surface area contributed by atoms with Crippen LogP contribution < -0.4 is 5.32 Å². The highest BCUT2D eigenvalue weighted by Crippen LogP contribution is 2.37. The van der Waals surface area contributed by atoms with Gasteiger partial charge in [0.25, 0.3) is 5.91 Å². The summed E-state index contributed by atoms with van der Waals surface area (Å²) in [5.41, 5.74) is 1.33. The second kappa shape index (κ2) is 5.17. The molecule has 4 nitrogen and oxygen atoms in total. The van der Waals surface area contributed by atoms with E-state index in [1.165, 1.54) is 18.2 Å². The Labute approximate surface area is 119 Å². The molecule has 3 rings (SSSR count). The van der Waals surface area contributed by atoms with E-state index in [9.17, 15) is 4.79 Å². The van der Waals surface area contributed by atoms with Crippen LogP contribution in [-0.2, 0) is 0 Å². The van der Waals surface area contributed by atoms with Crippen LogP contribution in [0.1, 0.15) is 34.9 Å². The zero-order valence-electron chi connectivity index (χ0n) is 10.2. The van der Waals surface area contributed by atoms with Crippen LogP contribution in [0.25, 0.3) is 0 Å². The molecule has 1 N–H and O–H groups in total. The van der Waals surface area contributed by atoms with Crippen molar-refractivity contribution >= 4 is 21.8 Å². The molecule has 2 aromatic rings. The Morgan fingerprint density at radius 2 is 2.05 bits per heavy atom. The van der Waals surface area contributed by atoms with Gasteiger partial charge in [-0.1, -0.05) is 28.1 Å². The van der Waals surface area contributed by atoms with Gasteiger partial charge in [0.1, 0.15) is 0 Å². The monoisotopic (exact) mass is 320 g/mol. The molecule has 0 saturated heterocycles. The van der Waals surface area contributed by atoms with Crippen molar-refractivity contribution in [2.45, 2.75) is 24.8 Å². The highest BCUT2D eigenvalue weighted by Gasteiger charge is 2.31. The van der Waals surface area contributed by atoms with E-state index >= 15 is 0 Å². The van der Waals surface area contributed by atoms with Gasteiger partial charge in [0.15, 0.2) is 6.39 Å². The van der Waals surface area contributed by atoms with Gasteiger partial charge < -0.3 is 9.73 Å². The lowest BCUT2D eigenvalue weighted by molar-refractivity contribution is 0.0880. The number of hydrogen-bond donors (Lipinski definition) is 1. The van der Waals surface area contributed by atoms with Crippen LogP contribution in [0.3, 0.4) is 0 Å². The van der Waals surface area contributed by atoms with E-state index in [-0.39, 0.29) is 17.7 Å². The minimum Gasteiger partial charge on any atom is -0.438 e. The zero-order valence-corrected chi connectivity index (χ0v) is 11.8. The average molecular weight is 321 g/mol. The number of aromatic nitrogens is 1. The van der Waals surface area contributed by atoms with Crippen molar-refractivity contribution in [2.24, 2.45) is 0 Å². The molecular weight excluding hydrogens is 308 g/mol. The minimum atomic E-state index is -0.184. The summed E-state index contributed by atoms with van der Waals surface area (Å²) in [5.74, 6) is 0.622. The molecule has 1 aliphatic rings. The van der Waals surface area contributed by atoms with Crippen LogP contribution >= 0.6 is 15.9 Å². The summed E-state index contributed by atoms with van der Waals surface area (Å²) in [6.07, 6.45) is 4.64. The summed E-state index contributed by atoms with van der Waals surface area (Å²) in [7, 11) is 0. The maximum absolute atomic E-state index is 11.7. The Morgan fingerprint density at radius 3 is 2.68 bits per heavy atom. The van der Waals surface area contributed by atoms with Crippen LogP contribution in [0.2, 0.25) is 0 Å². The topological polar surface area (TPSA) is 55.1 Å². The molecule has 1 fully saturated rings. The Hall–Kier alpha value is -1.62.